The Balaban J connectivity index is 1.25. The maximum Gasteiger partial charge on any atom is 0.235 e. The molecule has 2 aliphatic heterocycles. The zero-order valence-electron chi connectivity index (χ0n) is 29.0. The Bertz CT molecular complexity index is 2260. The predicted octanol–water partition coefficient (Wildman–Crippen LogP) is 6.74. The van der Waals surface area contributed by atoms with Gasteiger partial charge in [0.1, 0.15) is 11.4 Å². The monoisotopic (exact) mass is 639 g/mol. The largest absolute Gasteiger partial charge is 0.506 e. The molecule has 2 heterocycles. The Hall–Kier alpha value is -4.32. The number of ketones is 1. The highest BCUT2D eigenvalue weighted by molar-refractivity contribution is 6.52. The van der Waals surface area contributed by atoms with Crippen LogP contribution in [0.1, 0.15) is 85.6 Å². The number of hydrogen-bond donors (Lipinski definition) is 5. The van der Waals surface area contributed by atoms with Crippen LogP contribution in [0.25, 0.3) is 32.7 Å². The van der Waals surface area contributed by atoms with Crippen LogP contribution in [0.3, 0.4) is 0 Å². The van der Waals surface area contributed by atoms with E-state index in [4.69, 9.17) is 0 Å². The molecule has 0 aromatic heterocycles. The average Bonchev–Trinajstić information content (AvgIpc) is 2.97. The highest BCUT2D eigenvalue weighted by atomic mass is 16.3. The SMILES string of the molecule is CC1CC(C)(C)CC2(C1)Nc1cccc3ccc(C4=C(O)/C(=c5\ccc6cccc7c6c5=[NH+]C5(CC(C)CC(C)(C)C5)N7)C4=O)c(c13)N2. The Kier molecular flexibility index (Phi) is 5.99. The van der Waals surface area contributed by atoms with Gasteiger partial charge < -0.3 is 21.1 Å². The molecule has 4 atom stereocenters. The van der Waals surface area contributed by atoms with Crippen LogP contribution in [0.15, 0.2) is 66.4 Å². The summed E-state index contributed by atoms with van der Waals surface area (Å²) < 4.78 is 0. The number of hydrogen-bond acceptors (Lipinski definition) is 5. The van der Waals surface area contributed by atoms with Crippen molar-refractivity contribution in [3.63, 3.8) is 0 Å². The number of benzene rings is 4. The van der Waals surface area contributed by atoms with Crippen LogP contribution in [0.2, 0.25) is 0 Å². The van der Waals surface area contributed by atoms with Gasteiger partial charge in [0.05, 0.1) is 33.1 Å². The van der Waals surface area contributed by atoms with Crippen molar-refractivity contribution in [3.8, 4) is 0 Å². The highest BCUT2D eigenvalue weighted by Crippen LogP contribution is 2.52. The van der Waals surface area contributed by atoms with Crippen molar-refractivity contribution in [2.75, 3.05) is 16.0 Å². The molecule has 0 bridgehead atoms. The van der Waals surface area contributed by atoms with Crippen LogP contribution < -0.4 is 31.5 Å². The molecule has 2 spiro atoms. The molecule has 5 N–H and O–H groups in total. The van der Waals surface area contributed by atoms with Gasteiger partial charge in [-0.25, -0.2) is 4.99 Å². The van der Waals surface area contributed by atoms with Crippen molar-refractivity contribution < 1.29 is 14.9 Å². The van der Waals surface area contributed by atoms with Crippen molar-refractivity contribution in [1.82, 2.24) is 0 Å². The van der Waals surface area contributed by atoms with E-state index in [9.17, 15) is 9.90 Å². The zero-order valence-corrected chi connectivity index (χ0v) is 29.0. The number of allylic oxidation sites excluding steroid dienone is 2. The molecule has 6 heteroatoms. The zero-order chi connectivity index (χ0) is 33.4. The average molecular weight is 640 g/mol. The third kappa shape index (κ3) is 4.37. The van der Waals surface area contributed by atoms with Crippen molar-refractivity contribution in [3.05, 3.63) is 82.6 Å². The molecule has 4 aromatic rings. The Morgan fingerprint density at radius 2 is 1.35 bits per heavy atom. The van der Waals surface area contributed by atoms with E-state index in [2.05, 4.69) is 111 Å². The second-order valence-electron chi connectivity index (χ2n) is 17.6. The summed E-state index contributed by atoms with van der Waals surface area (Å²) in [6.07, 6.45) is 6.25. The van der Waals surface area contributed by atoms with E-state index in [-0.39, 0.29) is 33.7 Å². The number of Topliss-reactive ketones (excluding diaryl/α,β-unsaturated/α-hetero) is 1. The van der Waals surface area contributed by atoms with E-state index in [1.807, 2.05) is 12.1 Å². The second kappa shape index (κ2) is 9.64. The fourth-order valence-corrected chi connectivity index (χ4v) is 11.1. The molecule has 4 unspecified atom stereocenters. The molecule has 0 saturated heterocycles. The van der Waals surface area contributed by atoms with Gasteiger partial charge in [-0.2, -0.15) is 0 Å². The van der Waals surface area contributed by atoms with Crippen LogP contribution >= 0.6 is 0 Å². The highest BCUT2D eigenvalue weighted by Gasteiger charge is 2.50. The van der Waals surface area contributed by atoms with Crippen LogP contribution in [-0.4, -0.2) is 22.2 Å². The van der Waals surface area contributed by atoms with Crippen molar-refractivity contribution in [2.45, 2.75) is 91.4 Å². The van der Waals surface area contributed by atoms with Crippen LogP contribution in [0, 0.1) is 22.7 Å². The van der Waals surface area contributed by atoms with Gasteiger partial charge in [-0.15, -0.1) is 0 Å². The van der Waals surface area contributed by atoms with Crippen LogP contribution in [0.5, 0.6) is 0 Å². The first-order chi connectivity index (χ1) is 22.8. The summed E-state index contributed by atoms with van der Waals surface area (Å²) in [5, 5.41) is 29.9. The Labute approximate surface area is 282 Å². The van der Waals surface area contributed by atoms with Gasteiger partial charge >= 0.3 is 0 Å². The van der Waals surface area contributed by atoms with E-state index in [1.54, 1.807) is 0 Å². The van der Waals surface area contributed by atoms with Crippen LogP contribution in [0.4, 0.5) is 17.1 Å². The molecule has 0 amide bonds. The number of carbonyl (C=O) groups is 1. The topological polar surface area (TPSA) is 87.4 Å². The molecule has 2 saturated carbocycles. The molecule has 2 fully saturated rings. The fraction of sp³-hybridized carbons (Fsp3) is 0.429. The minimum absolute atomic E-state index is 0.0830. The number of anilines is 3. The van der Waals surface area contributed by atoms with E-state index in [0.29, 0.717) is 23.0 Å². The molecule has 48 heavy (non-hydrogen) atoms. The summed E-state index contributed by atoms with van der Waals surface area (Å²) in [7, 11) is 0. The van der Waals surface area contributed by atoms with E-state index in [0.717, 1.165) is 80.4 Å². The van der Waals surface area contributed by atoms with Crippen LogP contribution in [-0.2, 0) is 4.79 Å². The molecule has 5 aliphatic rings. The molecule has 0 radical (unpaired) electrons. The van der Waals surface area contributed by atoms with Gasteiger partial charge in [0.2, 0.25) is 16.8 Å². The molecule has 6 nitrogen and oxygen atoms in total. The maximum absolute atomic E-state index is 14.5. The van der Waals surface area contributed by atoms with Crippen molar-refractivity contribution in [1.29, 1.82) is 0 Å². The summed E-state index contributed by atoms with van der Waals surface area (Å²) >= 11 is 0. The first-order valence-electron chi connectivity index (χ1n) is 17.9. The third-order valence-corrected chi connectivity index (χ3v) is 11.8. The Morgan fingerprint density at radius 3 is 2.04 bits per heavy atom. The lowest BCUT2D eigenvalue weighted by molar-refractivity contribution is -0.593. The summed E-state index contributed by atoms with van der Waals surface area (Å²) in [6.45, 7) is 14.1. The van der Waals surface area contributed by atoms with Crippen molar-refractivity contribution >= 4 is 55.5 Å². The lowest BCUT2D eigenvalue weighted by atomic mass is 9.67. The van der Waals surface area contributed by atoms with Gasteiger partial charge in [-0.3, -0.25) is 4.79 Å². The first-order valence-corrected chi connectivity index (χ1v) is 17.9. The minimum atomic E-state index is -0.330. The van der Waals surface area contributed by atoms with E-state index >= 15 is 0 Å². The molecule has 4 aromatic carbocycles. The van der Waals surface area contributed by atoms with E-state index < -0.39 is 0 Å². The second-order valence-corrected chi connectivity index (χ2v) is 17.6. The van der Waals surface area contributed by atoms with E-state index in [1.165, 1.54) is 12.8 Å². The number of rotatable bonds is 1. The Morgan fingerprint density at radius 1 is 0.708 bits per heavy atom. The molecular weight excluding hydrogens is 592 g/mol. The van der Waals surface area contributed by atoms with Gasteiger partial charge in [-0.05, 0) is 77.3 Å². The molecular formula is C42H47N4O2+. The number of nitrogens with one attached hydrogen (secondary N) is 4. The number of aliphatic hydroxyl groups excluding tert-OH is 1. The summed E-state index contributed by atoms with van der Waals surface area (Å²) in [5.41, 5.74) is 4.36. The fourth-order valence-electron chi connectivity index (χ4n) is 11.1. The minimum Gasteiger partial charge on any atom is -0.506 e. The quantitative estimate of drug-likeness (QED) is 0.159. The lowest BCUT2D eigenvalue weighted by Crippen LogP contribution is -2.97. The predicted molar refractivity (Wildman–Crippen MR) is 195 cm³/mol. The summed E-state index contributed by atoms with van der Waals surface area (Å²) in [4.78, 5) is 18.4. The molecule has 246 valence electrons. The third-order valence-electron chi connectivity index (χ3n) is 11.8. The van der Waals surface area contributed by atoms with Gasteiger partial charge in [0, 0.05) is 29.5 Å². The maximum atomic E-state index is 14.5. The van der Waals surface area contributed by atoms with Gasteiger partial charge in [0.15, 0.2) is 0 Å². The standard InChI is InChI=1S/C42H46N4O2/c1-23-17-39(3,4)21-41(19-23)43-29-11-7-9-25-13-15-27(35(45-41)31(25)29)33-37(47)34(38(33)48)28-16-14-26-10-8-12-30-32(26)36(28)46-42(44-30)20-24(2)18-40(5,6)22-42/h7-16,23-24,43-45,47H,17-22H2,1-6H3/p+1/b34-28-. The van der Waals surface area contributed by atoms with Crippen molar-refractivity contribution in [2.24, 2.45) is 22.7 Å². The van der Waals surface area contributed by atoms with Gasteiger partial charge in [0.25, 0.3) is 0 Å². The number of aliphatic hydroxyl groups is 1. The molecule has 9 rings (SSSR count). The summed E-state index contributed by atoms with van der Waals surface area (Å²) in [5.74, 6) is 1.06. The lowest BCUT2D eigenvalue weighted by Gasteiger charge is -2.51. The smallest absolute Gasteiger partial charge is 0.235 e. The van der Waals surface area contributed by atoms with Gasteiger partial charge in [-0.1, -0.05) is 84.0 Å². The molecule has 3 aliphatic carbocycles. The first kappa shape index (κ1) is 29.8. The summed E-state index contributed by atoms with van der Waals surface area (Å²) in [6, 6.07) is 20.9. The number of carbonyl (C=O) groups excluding carboxylic acids is 1. The normalized spacial score (nSPS) is 30.8.